The number of alkyl carbamates (subject to hydrolysis) is 1. The lowest BCUT2D eigenvalue weighted by molar-refractivity contribution is -0.525. The summed E-state index contributed by atoms with van der Waals surface area (Å²) in [6.45, 7) is -0.0673. The van der Waals surface area contributed by atoms with E-state index in [2.05, 4.69) is 20.4 Å². The highest BCUT2D eigenvalue weighted by molar-refractivity contribution is 5.92. The lowest BCUT2D eigenvalue weighted by atomic mass is 10.1. The van der Waals surface area contributed by atoms with E-state index in [4.69, 9.17) is 16.2 Å². The quantitative estimate of drug-likeness (QED) is 0.0557. The standard InChI is InChI=1S/C19H27N7O8/c1-33-17(29)13(8-5-9-22-18(21)25-26(31)32)23-16(28)14(10-15(20)27)24-19(30)34-11-12-6-3-2-4-7-12/h2-4,6-7,13-14H,5,8-11H2,1H3,(H2,20,27)(H,23,28)(H,24,30)(H3,21,22,25). The van der Waals surface area contributed by atoms with Crippen molar-refractivity contribution in [3.05, 3.63) is 46.0 Å². The Morgan fingerprint density at radius 3 is 2.38 bits per heavy atom. The van der Waals surface area contributed by atoms with Gasteiger partial charge in [-0.05, 0) is 18.4 Å². The normalized spacial score (nSPS) is 12.6. The van der Waals surface area contributed by atoms with Crippen LogP contribution < -0.4 is 27.5 Å². The number of benzene rings is 1. The Kier molecular flexibility index (Phi) is 11.9. The second-order valence-corrected chi connectivity index (χ2v) is 6.79. The highest BCUT2D eigenvalue weighted by Gasteiger charge is 2.28. The number of nitrogens with two attached hydrogens (primary N) is 2. The number of methoxy groups -OCH3 is 1. The van der Waals surface area contributed by atoms with E-state index in [-0.39, 0.29) is 26.0 Å². The number of hydrazine groups is 1. The van der Waals surface area contributed by atoms with Crippen LogP contribution in [0.25, 0.3) is 0 Å². The molecule has 2 atom stereocenters. The first-order valence-electron chi connectivity index (χ1n) is 9.97. The summed E-state index contributed by atoms with van der Waals surface area (Å²) < 4.78 is 9.69. The van der Waals surface area contributed by atoms with Crippen LogP contribution in [0.3, 0.4) is 0 Å². The molecule has 0 heterocycles. The molecule has 2 unspecified atom stereocenters. The van der Waals surface area contributed by atoms with E-state index < -0.39 is 53.4 Å². The molecule has 186 valence electrons. The van der Waals surface area contributed by atoms with Crippen molar-refractivity contribution in [2.45, 2.75) is 38.0 Å². The van der Waals surface area contributed by atoms with Gasteiger partial charge < -0.3 is 31.6 Å². The number of hydrogen-bond donors (Lipinski definition) is 5. The molecule has 0 aromatic heterocycles. The molecule has 1 aromatic carbocycles. The fraction of sp³-hybridized carbons (Fsp3) is 0.421. The molecular formula is C19H27N7O8. The highest BCUT2D eigenvalue weighted by Crippen LogP contribution is 2.04. The molecule has 15 nitrogen and oxygen atoms in total. The smallest absolute Gasteiger partial charge is 0.408 e. The van der Waals surface area contributed by atoms with E-state index >= 15 is 0 Å². The third kappa shape index (κ3) is 11.3. The lowest BCUT2D eigenvalue weighted by Gasteiger charge is -2.21. The number of aliphatic imine (C=N–C) groups is 1. The Bertz CT molecular complexity index is 894. The van der Waals surface area contributed by atoms with Crippen molar-refractivity contribution in [2.75, 3.05) is 13.7 Å². The van der Waals surface area contributed by atoms with Gasteiger partial charge in [-0.2, -0.15) is 0 Å². The third-order valence-corrected chi connectivity index (χ3v) is 4.17. The van der Waals surface area contributed by atoms with Gasteiger partial charge in [0.1, 0.15) is 18.7 Å². The van der Waals surface area contributed by atoms with Crippen molar-refractivity contribution < 1.29 is 33.7 Å². The van der Waals surface area contributed by atoms with Gasteiger partial charge in [-0.25, -0.2) is 24.7 Å². The molecule has 0 radical (unpaired) electrons. The van der Waals surface area contributed by atoms with Crippen LogP contribution in [-0.2, 0) is 30.5 Å². The topological polar surface area (TPSA) is 230 Å². The second kappa shape index (κ2) is 14.6. The molecule has 0 fully saturated rings. The third-order valence-electron chi connectivity index (χ3n) is 4.17. The molecular weight excluding hydrogens is 454 g/mol. The molecule has 15 heteroatoms. The molecule has 0 bridgehead atoms. The number of rotatable bonds is 13. The molecule has 0 aliphatic heterocycles. The predicted molar refractivity (Wildman–Crippen MR) is 117 cm³/mol. The average Bonchev–Trinajstić information content (AvgIpc) is 2.78. The number of hydrogen-bond acceptors (Lipinski definition) is 9. The van der Waals surface area contributed by atoms with Gasteiger partial charge in [-0.1, -0.05) is 35.8 Å². The number of ether oxygens (including phenoxy) is 2. The lowest BCUT2D eigenvalue weighted by Crippen LogP contribution is -2.53. The number of primary amides is 1. The molecule has 34 heavy (non-hydrogen) atoms. The molecule has 0 saturated heterocycles. The first-order valence-corrected chi connectivity index (χ1v) is 9.97. The Morgan fingerprint density at radius 2 is 1.79 bits per heavy atom. The van der Waals surface area contributed by atoms with E-state index in [9.17, 15) is 29.3 Å². The number of nitrogens with one attached hydrogen (secondary N) is 3. The van der Waals surface area contributed by atoms with Crippen LogP contribution >= 0.6 is 0 Å². The van der Waals surface area contributed by atoms with Gasteiger partial charge in [-0.15, -0.1) is 0 Å². The highest BCUT2D eigenvalue weighted by atomic mass is 16.7. The van der Waals surface area contributed by atoms with Crippen LogP contribution in [-0.4, -0.2) is 60.6 Å². The van der Waals surface area contributed by atoms with E-state index in [1.807, 2.05) is 0 Å². The van der Waals surface area contributed by atoms with Gasteiger partial charge in [0, 0.05) is 6.54 Å². The fourth-order valence-corrected chi connectivity index (χ4v) is 2.60. The first kappa shape index (κ1) is 27.6. The number of nitro groups is 1. The van der Waals surface area contributed by atoms with Crippen LogP contribution in [0.5, 0.6) is 0 Å². The largest absolute Gasteiger partial charge is 0.467 e. The zero-order valence-corrected chi connectivity index (χ0v) is 18.4. The predicted octanol–water partition coefficient (Wildman–Crippen LogP) is -1.31. The zero-order valence-electron chi connectivity index (χ0n) is 18.4. The number of nitrogens with zero attached hydrogens (tertiary/aromatic N) is 2. The van der Waals surface area contributed by atoms with Crippen molar-refractivity contribution in [1.82, 2.24) is 16.1 Å². The minimum Gasteiger partial charge on any atom is -0.467 e. The van der Waals surface area contributed by atoms with Gasteiger partial charge in [-0.3, -0.25) is 9.59 Å². The van der Waals surface area contributed by atoms with Crippen LogP contribution in [0, 0.1) is 10.1 Å². The maximum Gasteiger partial charge on any atom is 0.408 e. The maximum absolute atomic E-state index is 12.7. The van der Waals surface area contributed by atoms with Crippen molar-refractivity contribution in [1.29, 1.82) is 0 Å². The SMILES string of the molecule is COC(=O)C(CCCN=C(N)N[N+](=O)[O-])NC(=O)C(CC(N)=O)NC(=O)OCc1ccccc1. The Balaban J connectivity index is 2.71. The summed E-state index contributed by atoms with van der Waals surface area (Å²) in [5, 5.41) is 14.0. The molecule has 0 spiro atoms. The van der Waals surface area contributed by atoms with E-state index in [0.717, 1.165) is 7.11 Å². The van der Waals surface area contributed by atoms with Crippen molar-refractivity contribution in [2.24, 2.45) is 16.5 Å². The van der Waals surface area contributed by atoms with Gasteiger partial charge >= 0.3 is 12.1 Å². The van der Waals surface area contributed by atoms with Gasteiger partial charge in [0.05, 0.1) is 13.5 Å². The van der Waals surface area contributed by atoms with E-state index in [1.165, 1.54) is 0 Å². The monoisotopic (exact) mass is 481 g/mol. The molecule has 1 aromatic rings. The number of esters is 1. The number of carbonyl (C=O) groups is 4. The summed E-state index contributed by atoms with van der Waals surface area (Å²) in [6, 6.07) is 6.19. The number of carbonyl (C=O) groups excluding carboxylic acids is 4. The maximum atomic E-state index is 12.7. The molecule has 1 rings (SSSR count). The summed E-state index contributed by atoms with van der Waals surface area (Å²) in [6.07, 6.45) is -1.31. The first-order chi connectivity index (χ1) is 16.1. The molecule has 0 saturated carbocycles. The second-order valence-electron chi connectivity index (χ2n) is 6.79. The Morgan fingerprint density at radius 1 is 1.12 bits per heavy atom. The average molecular weight is 481 g/mol. The van der Waals surface area contributed by atoms with E-state index in [0.29, 0.717) is 5.56 Å². The number of guanidine groups is 1. The van der Waals surface area contributed by atoms with Crippen LogP contribution in [0.15, 0.2) is 35.3 Å². The zero-order chi connectivity index (χ0) is 25.5. The minimum atomic E-state index is -1.41. The summed E-state index contributed by atoms with van der Waals surface area (Å²) in [5.41, 5.74) is 12.8. The molecule has 7 N–H and O–H groups in total. The van der Waals surface area contributed by atoms with Gasteiger partial charge in [0.2, 0.25) is 11.8 Å². The molecule has 0 aliphatic carbocycles. The van der Waals surface area contributed by atoms with Gasteiger partial charge in [0.25, 0.3) is 5.96 Å². The van der Waals surface area contributed by atoms with Crippen LogP contribution in [0.1, 0.15) is 24.8 Å². The Labute approximate surface area is 194 Å². The summed E-state index contributed by atoms with van der Waals surface area (Å²) in [7, 11) is 1.11. The summed E-state index contributed by atoms with van der Waals surface area (Å²) in [5.74, 6) is -2.97. The van der Waals surface area contributed by atoms with Crippen LogP contribution in [0.4, 0.5) is 4.79 Å². The van der Waals surface area contributed by atoms with Gasteiger partial charge in [0.15, 0.2) is 5.03 Å². The van der Waals surface area contributed by atoms with E-state index in [1.54, 1.807) is 35.8 Å². The van der Waals surface area contributed by atoms with Crippen molar-refractivity contribution in [3.8, 4) is 0 Å². The fourth-order valence-electron chi connectivity index (χ4n) is 2.60. The van der Waals surface area contributed by atoms with Crippen molar-refractivity contribution in [3.63, 3.8) is 0 Å². The molecule has 3 amide bonds. The van der Waals surface area contributed by atoms with Crippen LogP contribution in [0.2, 0.25) is 0 Å². The number of amides is 3. The molecule has 0 aliphatic rings. The van der Waals surface area contributed by atoms with Crippen molar-refractivity contribution >= 4 is 29.8 Å². The summed E-state index contributed by atoms with van der Waals surface area (Å²) in [4.78, 5) is 62.2. The summed E-state index contributed by atoms with van der Waals surface area (Å²) >= 11 is 0. The Hall–Kier alpha value is -4.43. The minimum absolute atomic E-state index is 0.00478.